The van der Waals surface area contributed by atoms with E-state index in [1.54, 1.807) is 7.11 Å². The monoisotopic (exact) mass is 554 g/mol. The number of fused-ring (bicyclic) bond motifs is 2. The number of carbonyl (C=O) groups is 2. The standard InChI is InChI=1S/C32H42O8/c1-31(2)27-12-9-13-32(31,40-21-38-15-14-35-3)19-24-17-26(30(34)37-5)25(29(33)36-4)16-23(24)18-28(27)39-20-22-10-7-6-8-11-22/h6-8,10-12,28H,9,13-21H2,1-5H3/t28-,32-/m1/s1. The molecule has 0 amide bonds. The summed E-state index contributed by atoms with van der Waals surface area (Å²) in [5, 5.41) is 0. The van der Waals surface area contributed by atoms with Gasteiger partial charge in [-0.2, -0.15) is 0 Å². The van der Waals surface area contributed by atoms with E-state index in [-0.39, 0.29) is 18.3 Å². The minimum Gasteiger partial charge on any atom is -0.466 e. The molecule has 1 aromatic carbocycles. The molecule has 3 aliphatic rings. The molecule has 8 heteroatoms. The van der Waals surface area contributed by atoms with Crippen LogP contribution in [-0.2, 0) is 44.6 Å². The maximum Gasteiger partial charge on any atom is 0.334 e. The smallest absolute Gasteiger partial charge is 0.334 e. The third-order valence-corrected chi connectivity index (χ3v) is 8.70. The first-order valence-corrected chi connectivity index (χ1v) is 13.9. The minimum atomic E-state index is -0.594. The highest BCUT2D eigenvalue weighted by Crippen LogP contribution is 2.56. The van der Waals surface area contributed by atoms with Crippen molar-refractivity contribution in [1.29, 1.82) is 0 Å². The SMILES string of the molecule is COCCOCO[C@]12CCC=C([C@H](OCc3ccccc3)CC3=C(CC(C(=O)OC)=C(C(=O)OC)C3)C1)C2(C)C. The second-order valence-electron chi connectivity index (χ2n) is 11.1. The second kappa shape index (κ2) is 13.3. The fraction of sp³-hybridized carbons (Fsp3) is 0.562. The molecule has 2 bridgehead atoms. The normalized spacial score (nSPS) is 24.0. The van der Waals surface area contributed by atoms with E-state index in [0.29, 0.717) is 56.7 Å². The molecule has 40 heavy (non-hydrogen) atoms. The van der Waals surface area contributed by atoms with Crippen molar-refractivity contribution < 1.29 is 38.0 Å². The van der Waals surface area contributed by atoms with E-state index in [1.165, 1.54) is 19.8 Å². The van der Waals surface area contributed by atoms with Crippen LogP contribution in [0.15, 0.2) is 64.3 Å². The zero-order valence-corrected chi connectivity index (χ0v) is 24.4. The number of esters is 2. The number of carbonyl (C=O) groups excluding carboxylic acids is 2. The Morgan fingerprint density at radius 2 is 1.60 bits per heavy atom. The Labute approximate surface area is 237 Å². The summed E-state index contributed by atoms with van der Waals surface area (Å²) in [7, 11) is 4.31. The maximum atomic E-state index is 12.8. The van der Waals surface area contributed by atoms with Gasteiger partial charge in [-0.05, 0) is 36.8 Å². The summed E-state index contributed by atoms with van der Waals surface area (Å²) in [6, 6.07) is 10.1. The lowest BCUT2D eigenvalue weighted by atomic mass is 9.58. The minimum absolute atomic E-state index is 0.130. The molecule has 0 aliphatic heterocycles. The second-order valence-corrected chi connectivity index (χ2v) is 11.1. The Balaban J connectivity index is 1.74. The molecule has 0 N–H and O–H groups in total. The molecule has 4 rings (SSSR count). The molecule has 0 saturated heterocycles. The average molecular weight is 555 g/mol. The van der Waals surface area contributed by atoms with E-state index < -0.39 is 17.5 Å². The van der Waals surface area contributed by atoms with Crippen LogP contribution in [0.5, 0.6) is 0 Å². The van der Waals surface area contributed by atoms with Crippen molar-refractivity contribution >= 4 is 11.9 Å². The van der Waals surface area contributed by atoms with Crippen LogP contribution in [0, 0.1) is 5.41 Å². The van der Waals surface area contributed by atoms with Crippen LogP contribution in [0.1, 0.15) is 57.9 Å². The van der Waals surface area contributed by atoms with Crippen LogP contribution in [0.25, 0.3) is 0 Å². The van der Waals surface area contributed by atoms with Crippen LogP contribution in [0.2, 0.25) is 0 Å². The average Bonchev–Trinajstić information content (AvgIpc) is 2.96. The highest BCUT2D eigenvalue weighted by Gasteiger charge is 2.53. The lowest BCUT2D eigenvalue weighted by molar-refractivity contribution is -0.192. The van der Waals surface area contributed by atoms with Crippen LogP contribution >= 0.6 is 0 Å². The quantitative estimate of drug-likeness (QED) is 0.159. The van der Waals surface area contributed by atoms with Crippen LogP contribution in [0.3, 0.4) is 0 Å². The Kier molecular flexibility index (Phi) is 10.0. The van der Waals surface area contributed by atoms with Gasteiger partial charge < -0.3 is 28.4 Å². The summed E-state index contributed by atoms with van der Waals surface area (Å²) in [4.78, 5) is 25.6. The van der Waals surface area contributed by atoms with Crippen molar-refractivity contribution in [2.75, 3.05) is 41.3 Å². The van der Waals surface area contributed by atoms with E-state index >= 15 is 0 Å². The molecule has 0 unspecified atom stereocenters. The highest BCUT2D eigenvalue weighted by atomic mass is 16.7. The van der Waals surface area contributed by atoms with Gasteiger partial charge in [0.2, 0.25) is 0 Å². The van der Waals surface area contributed by atoms with Crippen LogP contribution in [-0.4, -0.2) is 65.0 Å². The molecule has 2 atom stereocenters. The molecule has 3 aliphatic carbocycles. The molecule has 218 valence electrons. The molecule has 0 spiro atoms. The lowest BCUT2D eigenvalue weighted by Crippen LogP contribution is -2.54. The fourth-order valence-electron chi connectivity index (χ4n) is 6.32. The first-order valence-electron chi connectivity index (χ1n) is 13.9. The van der Waals surface area contributed by atoms with E-state index in [2.05, 4.69) is 32.1 Å². The molecule has 8 nitrogen and oxygen atoms in total. The van der Waals surface area contributed by atoms with Gasteiger partial charge >= 0.3 is 11.9 Å². The number of ether oxygens (including phenoxy) is 6. The Morgan fingerprint density at radius 3 is 2.25 bits per heavy atom. The predicted octanol–water partition coefficient (Wildman–Crippen LogP) is 5.22. The van der Waals surface area contributed by atoms with Crippen LogP contribution in [0.4, 0.5) is 0 Å². The number of methoxy groups -OCH3 is 3. The molecule has 0 fully saturated rings. The molecule has 0 aromatic heterocycles. The van der Waals surface area contributed by atoms with E-state index in [9.17, 15) is 9.59 Å². The van der Waals surface area contributed by atoms with Gasteiger partial charge in [-0.25, -0.2) is 9.59 Å². The fourth-order valence-corrected chi connectivity index (χ4v) is 6.32. The van der Waals surface area contributed by atoms with Crippen molar-refractivity contribution in [2.45, 2.75) is 70.7 Å². The Morgan fingerprint density at radius 1 is 0.925 bits per heavy atom. The Hall–Kier alpha value is -2.78. The predicted molar refractivity (Wildman–Crippen MR) is 149 cm³/mol. The number of hydrogen-bond donors (Lipinski definition) is 0. The maximum absolute atomic E-state index is 12.8. The van der Waals surface area contributed by atoms with Gasteiger partial charge in [-0.15, -0.1) is 0 Å². The highest BCUT2D eigenvalue weighted by molar-refractivity contribution is 6.01. The van der Waals surface area contributed by atoms with E-state index in [4.69, 9.17) is 28.4 Å². The van der Waals surface area contributed by atoms with Crippen molar-refractivity contribution in [1.82, 2.24) is 0 Å². The van der Waals surface area contributed by atoms with Gasteiger partial charge in [0.1, 0.15) is 6.79 Å². The van der Waals surface area contributed by atoms with E-state index in [0.717, 1.165) is 29.6 Å². The first kappa shape index (κ1) is 30.2. The number of benzene rings is 1. The van der Waals surface area contributed by atoms with Gasteiger partial charge in [0.05, 0.1) is 56.9 Å². The molecular formula is C32H42O8. The van der Waals surface area contributed by atoms with Gasteiger partial charge in [0.25, 0.3) is 0 Å². The van der Waals surface area contributed by atoms with Crippen molar-refractivity contribution in [3.63, 3.8) is 0 Å². The van der Waals surface area contributed by atoms with Gasteiger partial charge in [-0.3, -0.25) is 0 Å². The van der Waals surface area contributed by atoms with Gasteiger partial charge in [0.15, 0.2) is 0 Å². The van der Waals surface area contributed by atoms with Crippen molar-refractivity contribution in [2.24, 2.45) is 5.41 Å². The topological polar surface area (TPSA) is 89.5 Å². The van der Waals surface area contributed by atoms with Gasteiger partial charge in [-0.1, -0.05) is 61.4 Å². The van der Waals surface area contributed by atoms with Crippen LogP contribution < -0.4 is 0 Å². The van der Waals surface area contributed by atoms with Crippen molar-refractivity contribution in [3.05, 3.63) is 69.8 Å². The zero-order chi connectivity index (χ0) is 28.8. The summed E-state index contributed by atoms with van der Waals surface area (Å²) >= 11 is 0. The zero-order valence-electron chi connectivity index (χ0n) is 24.4. The summed E-state index contributed by atoms with van der Waals surface area (Å²) in [5.74, 6) is -1.01. The molecule has 0 radical (unpaired) electrons. The third kappa shape index (κ3) is 6.25. The first-order chi connectivity index (χ1) is 19.3. The third-order valence-electron chi connectivity index (χ3n) is 8.70. The largest absolute Gasteiger partial charge is 0.466 e. The number of allylic oxidation sites excluding steroid dienone is 1. The lowest BCUT2D eigenvalue weighted by Gasteiger charge is -2.54. The molecule has 0 heterocycles. The summed E-state index contributed by atoms with van der Waals surface area (Å²) in [6.07, 6.45) is 5.56. The number of hydrogen-bond acceptors (Lipinski definition) is 8. The summed E-state index contributed by atoms with van der Waals surface area (Å²) in [5.41, 5.74) is 4.19. The van der Waals surface area contributed by atoms with Crippen molar-refractivity contribution in [3.8, 4) is 0 Å². The molecule has 1 aromatic rings. The number of rotatable bonds is 11. The van der Waals surface area contributed by atoms with E-state index in [1.807, 2.05) is 18.2 Å². The molecular weight excluding hydrogens is 512 g/mol. The van der Waals surface area contributed by atoms with Gasteiger partial charge in [0, 0.05) is 25.4 Å². The molecule has 0 saturated carbocycles. The summed E-state index contributed by atoms with van der Waals surface area (Å²) in [6.45, 7) is 5.95. The summed E-state index contributed by atoms with van der Waals surface area (Å²) < 4.78 is 34.4. The Bertz CT molecular complexity index is 1160.